The van der Waals surface area contributed by atoms with E-state index in [2.05, 4.69) is 149 Å². The molecule has 0 aromatic heterocycles. The summed E-state index contributed by atoms with van der Waals surface area (Å²) in [4.78, 5) is 2.39. The van der Waals surface area contributed by atoms with Gasteiger partial charge in [-0.1, -0.05) is 107 Å². The van der Waals surface area contributed by atoms with Gasteiger partial charge in [-0.25, -0.2) is 0 Å². The predicted molar refractivity (Wildman–Crippen MR) is 194 cm³/mol. The molecule has 1 atom stereocenters. The number of benzene rings is 5. The molecule has 2 aliphatic heterocycles. The monoisotopic (exact) mass is 623 g/mol. The zero-order chi connectivity index (χ0) is 32.8. The lowest BCUT2D eigenvalue weighted by Crippen LogP contribution is -2.42. The summed E-state index contributed by atoms with van der Waals surface area (Å²) in [6.07, 6.45) is 4.58. The van der Waals surface area contributed by atoms with Gasteiger partial charge in [-0.3, -0.25) is 0 Å². The maximum Gasteiger partial charge on any atom is 0.178 e. The topological polar surface area (TPSA) is 30.9 Å². The van der Waals surface area contributed by atoms with E-state index in [4.69, 9.17) is 14.2 Å². The number of fused-ring (bicyclic) bond motifs is 3. The van der Waals surface area contributed by atoms with E-state index >= 15 is 0 Å². The molecule has 240 valence electrons. The number of methoxy groups -OCH3 is 1. The molecular formula is C43H45NO3. The van der Waals surface area contributed by atoms with Gasteiger partial charge in [0.05, 0.1) is 20.3 Å². The van der Waals surface area contributed by atoms with Crippen LogP contribution in [0.4, 0.5) is 5.69 Å². The van der Waals surface area contributed by atoms with E-state index in [9.17, 15) is 0 Å². The van der Waals surface area contributed by atoms with Gasteiger partial charge < -0.3 is 19.1 Å². The van der Waals surface area contributed by atoms with Crippen LogP contribution in [0.2, 0.25) is 0 Å². The van der Waals surface area contributed by atoms with Crippen LogP contribution in [0, 0.1) is 6.92 Å². The Hall–Kier alpha value is -4.54. The first-order valence-corrected chi connectivity index (χ1v) is 16.7. The molecule has 0 radical (unpaired) electrons. The fraction of sp³-hybridized carbons (Fsp3) is 0.302. The summed E-state index contributed by atoms with van der Waals surface area (Å²) in [6, 6.07) is 37.0. The van der Waals surface area contributed by atoms with Crippen LogP contribution >= 0.6 is 0 Å². The Morgan fingerprint density at radius 3 is 2.09 bits per heavy atom. The van der Waals surface area contributed by atoms with Crippen LogP contribution in [-0.2, 0) is 21.2 Å². The van der Waals surface area contributed by atoms with Crippen molar-refractivity contribution in [2.75, 3.05) is 38.3 Å². The number of morpholine rings is 1. The molecule has 0 saturated carbocycles. The number of nitrogens with zero attached hydrogens (tertiary/aromatic N) is 1. The summed E-state index contributed by atoms with van der Waals surface area (Å²) < 4.78 is 18.8. The molecule has 0 N–H and O–H groups in total. The Morgan fingerprint density at radius 2 is 1.38 bits per heavy atom. The normalized spacial score (nSPS) is 18.1. The third-order valence-corrected chi connectivity index (χ3v) is 11.0. The number of aryl methyl sites for hydroxylation is 1. The number of ether oxygens (including phenoxy) is 3. The molecule has 47 heavy (non-hydrogen) atoms. The molecule has 0 spiro atoms. The standard InChI is InChI=1S/C43H45NO3/c1-30-12-10-11-15-38(30)41(2,3)42(4,5)39-28-31-16-21-35(45-6)29-37(31)40-36(39)22-23-43(47-40,32-13-8-7-9-14-32)33-17-19-34(20-18-33)44-24-26-46-27-25-44/h7-23,28-29H,24-27H2,1-6H3. The van der Waals surface area contributed by atoms with Crippen LogP contribution < -0.4 is 14.4 Å². The third kappa shape index (κ3) is 5.20. The fourth-order valence-electron chi connectivity index (χ4n) is 7.53. The summed E-state index contributed by atoms with van der Waals surface area (Å²) in [5.41, 5.74) is 7.17. The molecule has 5 aromatic carbocycles. The van der Waals surface area contributed by atoms with Crippen molar-refractivity contribution in [3.8, 4) is 11.5 Å². The highest BCUT2D eigenvalue weighted by molar-refractivity contribution is 5.95. The lowest BCUT2D eigenvalue weighted by molar-refractivity contribution is 0.122. The maximum absolute atomic E-state index is 7.49. The van der Waals surface area contributed by atoms with E-state index in [0.717, 1.165) is 65.3 Å². The summed E-state index contributed by atoms with van der Waals surface area (Å²) in [6.45, 7) is 15.0. The molecule has 5 aromatic rings. The first-order chi connectivity index (χ1) is 22.7. The molecule has 0 aliphatic carbocycles. The average Bonchev–Trinajstić information content (AvgIpc) is 3.11. The van der Waals surface area contributed by atoms with E-state index in [0.29, 0.717) is 0 Å². The van der Waals surface area contributed by atoms with Gasteiger partial charge in [0.15, 0.2) is 5.60 Å². The maximum atomic E-state index is 7.49. The van der Waals surface area contributed by atoms with Gasteiger partial charge in [-0.2, -0.15) is 0 Å². The zero-order valence-electron chi connectivity index (χ0n) is 28.5. The summed E-state index contributed by atoms with van der Waals surface area (Å²) in [7, 11) is 1.72. The number of hydrogen-bond acceptors (Lipinski definition) is 4. The Morgan fingerprint density at radius 1 is 0.723 bits per heavy atom. The minimum atomic E-state index is -0.817. The van der Waals surface area contributed by atoms with E-state index < -0.39 is 5.60 Å². The van der Waals surface area contributed by atoms with Crippen molar-refractivity contribution < 1.29 is 14.2 Å². The Balaban J connectivity index is 1.43. The highest BCUT2D eigenvalue weighted by atomic mass is 16.5. The number of rotatable bonds is 7. The summed E-state index contributed by atoms with van der Waals surface area (Å²) in [5, 5.41) is 2.18. The Kier molecular flexibility index (Phi) is 7.88. The molecule has 2 heterocycles. The first-order valence-electron chi connectivity index (χ1n) is 16.7. The number of hydrogen-bond donors (Lipinski definition) is 0. The largest absolute Gasteiger partial charge is 0.497 e. The van der Waals surface area contributed by atoms with E-state index in [1.165, 1.54) is 22.4 Å². The second-order valence-electron chi connectivity index (χ2n) is 14.0. The van der Waals surface area contributed by atoms with Crippen molar-refractivity contribution in [2.45, 2.75) is 51.0 Å². The minimum absolute atomic E-state index is 0.177. The van der Waals surface area contributed by atoms with Crippen LogP contribution in [0.3, 0.4) is 0 Å². The van der Waals surface area contributed by atoms with Crippen LogP contribution in [0.15, 0.2) is 109 Å². The smallest absolute Gasteiger partial charge is 0.178 e. The van der Waals surface area contributed by atoms with Gasteiger partial charge >= 0.3 is 0 Å². The van der Waals surface area contributed by atoms with Crippen LogP contribution in [0.25, 0.3) is 16.8 Å². The molecule has 1 unspecified atom stereocenters. The molecule has 4 heteroatoms. The molecule has 0 bridgehead atoms. The molecule has 2 aliphatic rings. The quantitative estimate of drug-likeness (QED) is 0.181. The highest BCUT2D eigenvalue weighted by Crippen LogP contribution is 2.53. The molecule has 7 rings (SSSR count). The molecule has 1 saturated heterocycles. The van der Waals surface area contributed by atoms with E-state index in [-0.39, 0.29) is 10.8 Å². The number of anilines is 1. The first kappa shape index (κ1) is 31.1. The molecule has 1 fully saturated rings. The predicted octanol–water partition coefficient (Wildman–Crippen LogP) is 9.60. The van der Waals surface area contributed by atoms with E-state index in [1.807, 2.05) is 6.07 Å². The molecule has 4 nitrogen and oxygen atoms in total. The minimum Gasteiger partial charge on any atom is -0.497 e. The van der Waals surface area contributed by atoms with Crippen LogP contribution in [0.5, 0.6) is 11.5 Å². The second-order valence-corrected chi connectivity index (χ2v) is 14.0. The highest BCUT2D eigenvalue weighted by Gasteiger charge is 2.45. The summed E-state index contributed by atoms with van der Waals surface area (Å²) in [5.74, 6) is 1.69. The van der Waals surface area contributed by atoms with Crippen molar-refractivity contribution >= 4 is 22.5 Å². The van der Waals surface area contributed by atoms with Crippen molar-refractivity contribution in [1.29, 1.82) is 0 Å². The SMILES string of the molecule is COc1ccc2cc(C(C)(C)C(C)(C)c3ccccc3C)c3c(c2c1)OC(c1ccccc1)(c1ccc(N2CCOCC2)cc1)C=C3. The second kappa shape index (κ2) is 11.9. The van der Waals surface area contributed by atoms with Crippen molar-refractivity contribution in [2.24, 2.45) is 0 Å². The molecule has 0 amide bonds. The lowest BCUT2D eigenvalue weighted by Gasteiger charge is -2.46. The van der Waals surface area contributed by atoms with Gasteiger partial charge in [-0.05, 0) is 76.2 Å². The van der Waals surface area contributed by atoms with Gasteiger partial charge in [0.1, 0.15) is 11.5 Å². The van der Waals surface area contributed by atoms with Gasteiger partial charge in [0.25, 0.3) is 0 Å². The van der Waals surface area contributed by atoms with Gasteiger partial charge in [0.2, 0.25) is 0 Å². The third-order valence-electron chi connectivity index (χ3n) is 11.0. The van der Waals surface area contributed by atoms with Crippen LogP contribution in [-0.4, -0.2) is 33.4 Å². The molecular weight excluding hydrogens is 578 g/mol. The van der Waals surface area contributed by atoms with E-state index in [1.54, 1.807) is 7.11 Å². The Bertz CT molecular complexity index is 1930. The van der Waals surface area contributed by atoms with Gasteiger partial charge in [0, 0.05) is 40.9 Å². The van der Waals surface area contributed by atoms with Crippen LogP contribution in [0.1, 0.15) is 61.1 Å². The van der Waals surface area contributed by atoms with Gasteiger partial charge in [-0.15, -0.1) is 0 Å². The Labute approximate surface area is 279 Å². The van der Waals surface area contributed by atoms with Crippen molar-refractivity contribution in [3.63, 3.8) is 0 Å². The fourth-order valence-corrected chi connectivity index (χ4v) is 7.53. The van der Waals surface area contributed by atoms with Crippen molar-refractivity contribution in [3.05, 3.63) is 143 Å². The average molecular weight is 624 g/mol. The van der Waals surface area contributed by atoms with Crippen molar-refractivity contribution in [1.82, 2.24) is 0 Å². The zero-order valence-corrected chi connectivity index (χ0v) is 28.5. The lowest BCUT2D eigenvalue weighted by atomic mass is 9.59. The summed E-state index contributed by atoms with van der Waals surface area (Å²) >= 11 is 0.